The van der Waals surface area contributed by atoms with Gasteiger partial charge in [-0.2, -0.15) is 0 Å². The largest absolute Gasteiger partial charge is 0.335 e. The van der Waals surface area contributed by atoms with Gasteiger partial charge in [-0.05, 0) is 58.9 Å². The van der Waals surface area contributed by atoms with E-state index in [0.29, 0.717) is 29.6 Å². The molecule has 0 aromatic heterocycles. The standard InChI is InChI=1S/C31H31Cl2N3O/c32-26-13-12-25(29(33)18-26)17-30(34)31(37)36-20-27(35-19-28(36)16-21-6-2-1-3-7-21)15-22-10-11-23-8-4-5-9-24(23)14-22/h1-14,18,27-28,30,35H,15-17,19-20,34H2/t27-,28+,30-/m1/s1. The van der Waals surface area contributed by atoms with Crippen LogP contribution in [0, 0.1) is 0 Å². The minimum atomic E-state index is -0.684. The zero-order valence-corrected chi connectivity index (χ0v) is 22.1. The van der Waals surface area contributed by atoms with E-state index in [2.05, 4.69) is 59.9 Å². The van der Waals surface area contributed by atoms with Gasteiger partial charge in [0.05, 0.1) is 6.04 Å². The fourth-order valence-corrected chi connectivity index (χ4v) is 5.70. The van der Waals surface area contributed by atoms with E-state index in [9.17, 15) is 4.79 Å². The lowest BCUT2D eigenvalue weighted by atomic mass is 9.95. The molecule has 1 aliphatic heterocycles. The molecule has 5 rings (SSSR count). The van der Waals surface area contributed by atoms with Crippen molar-refractivity contribution in [3.05, 3.63) is 118 Å². The quantitative estimate of drug-likeness (QED) is 0.323. The molecule has 190 valence electrons. The lowest BCUT2D eigenvalue weighted by molar-refractivity contribution is -0.136. The van der Waals surface area contributed by atoms with Gasteiger partial charge in [0.25, 0.3) is 0 Å². The summed E-state index contributed by atoms with van der Waals surface area (Å²) in [4.78, 5) is 15.7. The molecule has 3 atom stereocenters. The molecule has 1 aliphatic rings. The first-order valence-corrected chi connectivity index (χ1v) is 13.5. The van der Waals surface area contributed by atoms with Gasteiger partial charge in [-0.1, -0.05) is 102 Å². The molecule has 1 amide bonds. The van der Waals surface area contributed by atoms with Gasteiger partial charge >= 0.3 is 0 Å². The molecule has 0 spiro atoms. The molecular formula is C31H31Cl2N3O. The van der Waals surface area contributed by atoms with Crippen LogP contribution >= 0.6 is 23.2 Å². The van der Waals surface area contributed by atoms with Gasteiger partial charge in [-0.3, -0.25) is 4.79 Å². The summed E-state index contributed by atoms with van der Waals surface area (Å²) < 4.78 is 0. The fourth-order valence-electron chi connectivity index (χ4n) is 5.21. The average molecular weight is 533 g/mol. The van der Waals surface area contributed by atoms with Crippen LogP contribution in [0.1, 0.15) is 16.7 Å². The van der Waals surface area contributed by atoms with Crippen molar-refractivity contribution in [2.24, 2.45) is 5.73 Å². The number of nitrogens with two attached hydrogens (primary N) is 1. The van der Waals surface area contributed by atoms with Gasteiger partial charge in [0.15, 0.2) is 0 Å². The normalized spacial score (nSPS) is 18.6. The second-order valence-corrected chi connectivity index (χ2v) is 10.7. The van der Waals surface area contributed by atoms with E-state index in [0.717, 1.165) is 18.4 Å². The van der Waals surface area contributed by atoms with Crippen LogP contribution in [0.3, 0.4) is 0 Å². The summed E-state index contributed by atoms with van der Waals surface area (Å²) in [6, 6.07) is 30.1. The molecule has 4 nitrogen and oxygen atoms in total. The number of hydrogen-bond acceptors (Lipinski definition) is 3. The molecule has 3 N–H and O–H groups in total. The van der Waals surface area contributed by atoms with Gasteiger partial charge in [-0.25, -0.2) is 0 Å². The maximum Gasteiger partial charge on any atom is 0.240 e. The summed E-state index contributed by atoms with van der Waals surface area (Å²) in [5.74, 6) is -0.0445. The third-order valence-corrected chi connectivity index (χ3v) is 7.75. The molecule has 1 saturated heterocycles. The zero-order valence-electron chi connectivity index (χ0n) is 20.6. The summed E-state index contributed by atoms with van der Waals surface area (Å²) in [6.07, 6.45) is 1.98. The Morgan fingerprint density at radius 2 is 1.65 bits per heavy atom. The number of nitrogens with one attached hydrogen (secondary N) is 1. The van der Waals surface area contributed by atoms with E-state index < -0.39 is 6.04 Å². The van der Waals surface area contributed by atoms with Crippen LogP contribution in [-0.2, 0) is 24.1 Å². The first-order valence-electron chi connectivity index (χ1n) is 12.7. The highest BCUT2D eigenvalue weighted by Crippen LogP contribution is 2.24. The Morgan fingerprint density at radius 3 is 2.43 bits per heavy atom. The molecule has 37 heavy (non-hydrogen) atoms. The number of fused-ring (bicyclic) bond motifs is 1. The first-order chi connectivity index (χ1) is 18.0. The van der Waals surface area contributed by atoms with Gasteiger partial charge < -0.3 is 16.0 Å². The van der Waals surface area contributed by atoms with Crippen LogP contribution in [0.15, 0.2) is 91.0 Å². The number of benzene rings is 4. The Kier molecular flexibility index (Phi) is 8.11. The molecular weight excluding hydrogens is 501 g/mol. The van der Waals surface area contributed by atoms with Crippen LogP contribution in [0.2, 0.25) is 10.0 Å². The van der Waals surface area contributed by atoms with Gasteiger partial charge in [0, 0.05) is 35.2 Å². The number of piperazine rings is 1. The first kappa shape index (κ1) is 25.7. The second kappa shape index (κ2) is 11.7. The Balaban J connectivity index is 1.34. The molecule has 4 aromatic rings. The predicted octanol–water partition coefficient (Wildman–Crippen LogP) is 5.67. The van der Waals surface area contributed by atoms with Gasteiger partial charge in [-0.15, -0.1) is 0 Å². The molecule has 0 saturated carbocycles. The maximum absolute atomic E-state index is 13.8. The zero-order chi connectivity index (χ0) is 25.8. The molecule has 6 heteroatoms. The second-order valence-electron chi connectivity index (χ2n) is 9.87. The number of hydrogen-bond donors (Lipinski definition) is 2. The SMILES string of the molecule is N[C@H](Cc1ccc(Cl)cc1Cl)C(=O)N1C[C@@H](Cc2ccc3ccccc3c2)NC[C@@H]1Cc1ccccc1. The summed E-state index contributed by atoms with van der Waals surface area (Å²) in [5.41, 5.74) is 9.78. The molecule has 1 fully saturated rings. The van der Waals surface area contributed by atoms with Gasteiger partial charge in [0.2, 0.25) is 5.91 Å². The van der Waals surface area contributed by atoms with E-state index in [4.69, 9.17) is 28.9 Å². The number of halogens is 2. The minimum absolute atomic E-state index is 0.0227. The number of amides is 1. The molecule has 1 heterocycles. The van der Waals surface area contributed by atoms with Crippen LogP contribution < -0.4 is 11.1 Å². The fraction of sp³-hybridized carbons (Fsp3) is 0.258. The molecule has 0 unspecified atom stereocenters. The van der Waals surface area contributed by atoms with Crippen molar-refractivity contribution in [3.8, 4) is 0 Å². The van der Waals surface area contributed by atoms with E-state index in [1.54, 1.807) is 12.1 Å². The number of carbonyl (C=O) groups is 1. The van der Waals surface area contributed by atoms with Crippen molar-refractivity contribution in [2.75, 3.05) is 13.1 Å². The van der Waals surface area contributed by atoms with Crippen molar-refractivity contribution >= 4 is 39.9 Å². The monoisotopic (exact) mass is 531 g/mol. The van der Waals surface area contributed by atoms with Crippen LogP contribution in [0.4, 0.5) is 0 Å². The number of nitrogens with zero attached hydrogens (tertiary/aromatic N) is 1. The Morgan fingerprint density at radius 1 is 0.892 bits per heavy atom. The summed E-state index contributed by atoms with van der Waals surface area (Å²) in [6.45, 7) is 1.32. The molecule has 0 bridgehead atoms. The average Bonchev–Trinajstić information content (AvgIpc) is 2.91. The maximum atomic E-state index is 13.8. The highest BCUT2D eigenvalue weighted by atomic mass is 35.5. The van der Waals surface area contributed by atoms with E-state index in [1.165, 1.54) is 21.9 Å². The molecule has 0 aliphatic carbocycles. The minimum Gasteiger partial charge on any atom is -0.335 e. The van der Waals surface area contributed by atoms with E-state index in [-0.39, 0.29) is 18.0 Å². The van der Waals surface area contributed by atoms with E-state index >= 15 is 0 Å². The Bertz CT molecular complexity index is 1380. The highest BCUT2D eigenvalue weighted by Gasteiger charge is 2.34. The summed E-state index contributed by atoms with van der Waals surface area (Å²) in [5, 5.41) is 7.26. The van der Waals surface area contributed by atoms with Crippen molar-refractivity contribution in [3.63, 3.8) is 0 Å². The van der Waals surface area contributed by atoms with Crippen LogP contribution in [0.25, 0.3) is 10.8 Å². The van der Waals surface area contributed by atoms with Crippen LogP contribution in [0.5, 0.6) is 0 Å². The summed E-state index contributed by atoms with van der Waals surface area (Å²) >= 11 is 12.4. The third-order valence-electron chi connectivity index (χ3n) is 7.17. The van der Waals surface area contributed by atoms with Crippen molar-refractivity contribution < 1.29 is 4.79 Å². The van der Waals surface area contributed by atoms with E-state index in [1.807, 2.05) is 29.2 Å². The highest BCUT2D eigenvalue weighted by molar-refractivity contribution is 6.35. The lowest BCUT2D eigenvalue weighted by Crippen LogP contribution is -2.62. The van der Waals surface area contributed by atoms with Crippen molar-refractivity contribution in [1.82, 2.24) is 10.2 Å². The van der Waals surface area contributed by atoms with Crippen molar-refractivity contribution in [2.45, 2.75) is 37.4 Å². The van der Waals surface area contributed by atoms with Gasteiger partial charge in [0.1, 0.15) is 0 Å². The predicted molar refractivity (Wildman–Crippen MR) is 153 cm³/mol. The summed E-state index contributed by atoms with van der Waals surface area (Å²) in [7, 11) is 0. The topological polar surface area (TPSA) is 58.4 Å². The van der Waals surface area contributed by atoms with Crippen LogP contribution in [-0.4, -0.2) is 42.0 Å². The third kappa shape index (κ3) is 6.34. The Labute approximate surface area is 228 Å². The number of rotatable bonds is 7. The molecule has 0 radical (unpaired) electrons. The lowest BCUT2D eigenvalue weighted by Gasteiger charge is -2.42. The Hall–Kier alpha value is -2.89. The smallest absolute Gasteiger partial charge is 0.240 e. The van der Waals surface area contributed by atoms with Crippen molar-refractivity contribution in [1.29, 1.82) is 0 Å². The molecule has 4 aromatic carbocycles. The number of carbonyl (C=O) groups excluding carboxylic acids is 1.